The summed E-state index contributed by atoms with van der Waals surface area (Å²) in [5, 5.41) is 11.9. The van der Waals surface area contributed by atoms with Crippen molar-refractivity contribution in [3.8, 4) is 0 Å². The molecule has 5 nitrogen and oxygen atoms in total. The highest BCUT2D eigenvalue weighted by molar-refractivity contribution is 5.78. The van der Waals surface area contributed by atoms with Crippen LogP contribution in [0.1, 0.15) is 58.8 Å². The Labute approximate surface area is 127 Å². The van der Waals surface area contributed by atoms with Gasteiger partial charge < -0.3 is 15.2 Å². The first kappa shape index (κ1) is 18.0. The maximum atomic E-state index is 12.0. The van der Waals surface area contributed by atoms with Gasteiger partial charge in [0.1, 0.15) is 0 Å². The van der Waals surface area contributed by atoms with Crippen molar-refractivity contribution in [3.63, 3.8) is 0 Å². The quantitative estimate of drug-likeness (QED) is 0.608. The van der Waals surface area contributed by atoms with Crippen molar-refractivity contribution in [2.75, 3.05) is 19.8 Å². The molecule has 0 heterocycles. The van der Waals surface area contributed by atoms with Gasteiger partial charge in [-0.15, -0.1) is 0 Å². The Morgan fingerprint density at radius 3 is 2.43 bits per heavy atom. The first-order valence-corrected chi connectivity index (χ1v) is 8.00. The third-order valence-electron chi connectivity index (χ3n) is 4.13. The van der Waals surface area contributed by atoms with E-state index in [1.54, 1.807) is 0 Å². The van der Waals surface area contributed by atoms with E-state index in [9.17, 15) is 9.59 Å². The lowest BCUT2D eigenvalue weighted by atomic mass is 9.79. The summed E-state index contributed by atoms with van der Waals surface area (Å²) in [5.41, 5.74) is -0.325. The molecule has 1 aliphatic rings. The fraction of sp³-hybridized carbons (Fsp3) is 0.875. The smallest absolute Gasteiger partial charge is 0.303 e. The molecule has 1 fully saturated rings. The van der Waals surface area contributed by atoms with Gasteiger partial charge >= 0.3 is 5.97 Å². The summed E-state index contributed by atoms with van der Waals surface area (Å²) in [6, 6.07) is 0. The third-order valence-corrected chi connectivity index (χ3v) is 4.13. The van der Waals surface area contributed by atoms with E-state index in [0.717, 1.165) is 38.7 Å². The molecule has 1 aliphatic carbocycles. The summed E-state index contributed by atoms with van der Waals surface area (Å²) in [6.45, 7) is 6.03. The summed E-state index contributed by atoms with van der Waals surface area (Å²) in [5.74, 6) is -0.231. The minimum absolute atomic E-state index is 0.0504. The molecular weight excluding hydrogens is 270 g/mol. The zero-order valence-corrected chi connectivity index (χ0v) is 13.3. The van der Waals surface area contributed by atoms with E-state index >= 15 is 0 Å². The third kappa shape index (κ3) is 7.46. The average Bonchev–Trinajstić information content (AvgIpc) is 2.80. The van der Waals surface area contributed by atoms with Crippen LogP contribution in [0.2, 0.25) is 0 Å². The fourth-order valence-electron chi connectivity index (χ4n) is 2.95. The van der Waals surface area contributed by atoms with Crippen molar-refractivity contribution >= 4 is 11.9 Å². The summed E-state index contributed by atoms with van der Waals surface area (Å²) in [7, 11) is 0. The van der Waals surface area contributed by atoms with Gasteiger partial charge in [-0.05, 0) is 30.6 Å². The van der Waals surface area contributed by atoms with E-state index in [4.69, 9.17) is 9.84 Å². The number of nitrogens with one attached hydrogen (secondary N) is 1. The Hall–Kier alpha value is -1.10. The number of hydrogen-bond donors (Lipinski definition) is 2. The number of carboxylic acids is 1. The number of rotatable bonds is 10. The number of carbonyl (C=O) groups is 2. The average molecular weight is 299 g/mol. The van der Waals surface area contributed by atoms with E-state index in [-0.39, 0.29) is 17.7 Å². The molecule has 0 saturated heterocycles. The second kappa shape index (κ2) is 9.03. The molecule has 0 spiro atoms. The van der Waals surface area contributed by atoms with Crippen molar-refractivity contribution in [3.05, 3.63) is 0 Å². The van der Waals surface area contributed by atoms with Crippen molar-refractivity contribution in [1.29, 1.82) is 0 Å². The fourth-order valence-corrected chi connectivity index (χ4v) is 2.95. The predicted octanol–water partition coefficient (Wildman–Crippen LogP) is 2.59. The lowest BCUT2D eigenvalue weighted by Crippen LogP contribution is -2.33. The Balaban J connectivity index is 2.21. The molecule has 21 heavy (non-hydrogen) atoms. The number of amides is 1. The van der Waals surface area contributed by atoms with Gasteiger partial charge in [0.25, 0.3) is 0 Å². The molecule has 0 atom stereocenters. The number of ether oxygens (including phenoxy) is 1. The maximum Gasteiger partial charge on any atom is 0.303 e. The molecule has 0 aromatic rings. The van der Waals surface area contributed by atoms with Crippen LogP contribution in [-0.4, -0.2) is 36.7 Å². The van der Waals surface area contributed by atoms with Crippen molar-refractivity contribution in [1.82, 2.24) is 5.32 Å². The van der Waals surface area contributed by atoms with Crippen LogP contribution in [0.5, 0.6) is 0 Å². The standard InChI is InChI=1S/C16H29NO4/c1-13(2)5-9-21-10-8-17-14(18)11-16(12-15(19)20)6-3-4-7-16/h13H,3-12H2,1-2H3,(H,17,18)(H,19,20). The first-order chi connectivity index (χ1) is 9.93. The van der Waals surface area contributed by atoms with Gasteiger partial charge in [-0.25, -0.2) is 0 Å². The highest BCUT2D eigenvalue weighted by Gasteiger charge is 2.37. The highest BCUT2D eigenvalue weighted by Crippen LogP contribution is 2.43. The first-order valence-electron chi connectivity index (χ1n) is 8.00. The number of hydrogen-bond acceptors (Lipinski definition) is 3. The number of carboxylic acid groups (broad SMARTS) is 1. The molecule has 0 unspecified atom stereocenters. The molecular formula is C16H29NO4. The van der Waals surface area contributed by atoms with Crippen LogP contribution >= 0.6 is 0 Å². The monoisotopic (exact) mass is 299 g/mol. The van der Waals surface area contributed by atoms with Crippen LogP contribution in [0.15, 0.2) is 0 Å². The van der Waals surface area contributed by atoms with Crippen LogP contribution in [0.3, 0.4) is 0 Å². The predicted molar refractivity (Wildman–Crippen MR) is 81.1 cm³/mol. The number of carbonyl (C=O) groups excluding carboxylic acids is 1. The maximum absolute atomic E-state index is 12.0. The molecule has 0 aromatic carbocycles. The van der Waals surface area contributed by atoms with Gasteiger partial charge in [0.2, 0.25) is 5.91 Å². The molecule has 1 saturated carbocycles. The molecule has 1 rings (SSSR count). The largest absolute Gasteiger partial charge is 0.481 e. The molecule has 0 aliphatic heterocycles. The van der Waals surface area contributed by atoms with E-state index in [1.165, 1.54) is 0 Å². The minimum Gasteiger partial charge on any atom is -0.481 e. The Morgan fingerprint density at radius 1 is 1.19 bits per heavy atom. The van der Waals surface area contributed by atoms with Crippen molar-refractivity contribution < 1.29 is 19.4 Å². The normalized spacial score (nSPS) is 17.1. The zero-order chi connectivity index (χ0) is 15.7. The Bertz CT molecular complexity index is 335. The van der Waals surface area contributed by atoms with Crippen LogP contribution < -0.4 is 5.32 Å². The molecule has 122 valence electrons. The molecule has 0 aromatic heterocycles. The topological polar surface area (TPSA) is 75.6 Å². The molecule has 0 radical (unpaired) electrons. The van der Waals surface area contributed by atoms with Crippen LogP contribution in [0.25, 0.3) is 0 Å². The Kier molecular flexibility index (Phi) is 7.72. The molecule has 0 bridgehead atoms. The summed E-state index contributed by atoms with van der Waals surface area (Å²) >= 11 is 0. The van der Waals surface area contributed by atoms with Crippen molar-refractivity contribution in [2.45, 2.75) is 58.8 Å². The lowest BCUT2D eigenvalue weighted by Gasteiger charge is -2.26. The van der Waals surface area contributed by atoms with Gasteiger partial charge in [0.05, 0.1) is 13.0 Å². The van der Waals surface area contributed by atoms with E-state index in [2.05, 4.69) is 19.2 Å². The van der Waals surface area contributed by atoms with Crippen LogP contribution in [-0.2, 0) is 14.3 Å². The molecule has 2 N–H and O–H groups in total. The van der Waals surface area contributed by atoms with Gasteiger partial charge in [0.15, 0.2) is 0 Å². The van der Waals surface area contributed by atoms with Crippen molar-refractivity contribution in [2.24, 2.45) is 11.3 Å². The Morgan fingerprint density at radius 2 is 1.86 bits per heavy atom. The van der Waals surface area contributed by atoms with Gasteiger partial charge in [0, 0.05) is 19.6 Å². The molecule has 1 amide bonds. The van der Waals surface area contributed by atoms with E-state index < -0.39 is 5.97 Å². The number of aliphatic carboxylic acids is 1. The molecule has 5 heteroatoms. The summed E-state index contributed by atoms with van der Waals surface area (Å²) in [6.07, 6.45) is 5.19. The highest BCUT2D eigenvalue weighted by atomic mass is 16.5. The second-order valence-electron chi connectivity index (χ2n) is 6.60. The lowest BCUT2D eigenvalue weighted by molar-refractivity contribution is -0.140. The van der Waals surface area contributed by atoms with Crippen LogP contribution in [0.4, 0.5) is 0 Å². The van der Waals surface area contributed by atoms with E-state index in [1.807, 2.05) is 0 Å². The zero-order valence-electron chi connectivity index (χ0n) is 13.3. The van der Waals surface area contributed by atoms with Gasteiger partial charge in [-0.3, -0.25) is 9.59 Å². The van der Waals surface area contributed by atoms with Gasteiger partial charge in [-0.2, -0.15) is 0 Å². The minimum atomic E-state index is -0.804. The van der Waals surface area contributed by atoms with Gasteiger partial charge in [-0.1, -0.05) is 26.7 Å². The second-order valence-corrected chi connectivity index (χ2v) is 6.60. The summed E-state index contributed by atoms with van der Waals surface area (Å²) < 4.78 is 5.45. The van der Waals surface area contributed by atoms with Crippen LogP contribution in [0, 0.1) is 11.3 Å². The SMILES string of the molecule is CC(C)CCOCCNC(=O)CC1(CC(=O)O)CCCC1. The van der Waals surface area contributed by atoms with E-state index in [0.29, 0.717) is 25.5 Å². The summed E-state index contributed by atoms with van der Waals surface area (Å²) in [4.78, 5) is 22.9.